The van der Waals surface area contributed by atoms with Crippen molar-refractivity contribution in [2.24, 2.45) is 0 Å². The quantitative estimate of drug-likeness (QED) is 0.122. The molecule has 8 heteroatoms. The number of amides is 3. The number of phenolic OH excluding ortho intramolecular Hbond substituents is 1. The molecule has 0 aliphatic carbocycles. The number of unbranched alkanes of at least 4 members (excludes halogenated alkanes) is 7. The van der Waals surface area contributed by atoms with Crippen LogP contribution in [0, 0.1) is 12.3 Å². The molecule has 2 rings (SSSR count). The first-order valence-corrected chi connectivity index (χ1v) is 16.4. The van der Waals surface area contributed by atoms with E-state index in [2.05, 4.69) is 30.4 Å². The molecule has 0 aliphatic heterocycles. The van der Waals surface area contributed by atoms with Crippen LogP contribution in [0.5, 0.6) is 5.75 Å². The van der Waals surface area contributed by atoms with E-state index in [1.165, 1.54) is 12.1 Å². The monoisotopic (exact) mass is 619 g/mol. The van der Waals surface area contributed by atoms with E-state index in [4.69, 9.17) is 11.2 Å². The molecule has 2 aromatic rings. The van der Waals surface area contributed by atoms with Crippen LogP contribution >= 0.6 is 0 Å². The first-order chi connectivity index (χ1) is 21.5. The van der Waals surface area contributed by atoms with Gasteiger partial charge in [0.1, 0.15) is 23.4 Å². The van der Waals surface area contributed by atoms with Gasteiger partial charge in [-0.2, -0.15) is 0 Å². The number of hydrogen-bond donors (Lipinski definition) is 3. The molecule has 8 nitrogen and oxygen atoms in total. The molecular formula is C37H53N3O5. The van der Waals surface area contributed by atoms with Gasteiger partial charge in [0, 0.05) is 25.1 Å². The third-order valence-electron chi connectivity index (χ3n) is 7.43. The Bertz CT molecular complexity index is 1230. The largest absolute Gasteiger partial charge is 0.508 e. The van der Waals surface area contributed by atoms with Crippen LogP contribution in [0.4, 0.5) is 4.79 Å². The van der Waals surface area contributed by atoms with E-state index in [9.17, 15) is 19.5 Å². The van der Waals surface area contributed by atoms with Crippen molar-refractivity contribution in [1.82, 2.24) is 15.5 Å². The number of hydrogen-bond acceptors (Lipinski definition) is 5. The summed E-state index contributed by atoms with van der Waals surface area (Å²) in [7, 11) is 0. The van der Waals surface area contributed by atoms with E-state index in [-0.39, 0.29) is 18.1 Å². The van der Waals surface area contributed by atoms with Crippen molar-refractivity contribution >= 4 is 17.9 Å². The third-order valence-corrected chi connectivity index (χ3v) is 7.43. The Kier molecular flexibility index (Phi) is 16.0. The smallest absolute Gasteiger partial charge is 0.408 e. The fraction of sp³-hybridized carbons (Fsp3) is 0.541. The Morgan fingerprint density at radius 3 is 2.09 bits per heavy atom. The minimum atomic E-state index is -1.02. The zero-order valence-electron chi connectivity index (χ0n) is 27.9. The molecule has 2 unspecified atom stereocenters. The van der Waals surface area contributed by atoms with Gasteiger partial charge in [-0.25, -0.2) is 4.79 Å². The lowest BCUT2D eigenvalue weighted by Gasteiger charge is -2.35. The second kappa shape index (κ2) is 19.4. The summed E-state index contributed by atoms with van der Waals surface area (Å²) in [5, 5.41) is 15.7. The maximum atomic E-state index is 14.6. The number of terminal acetylenes is 1. The molecule has 0 heterocycles. The lowest BCUT2D eigenvalue weighted by molar-refractivity contribution is -0.142. The lowest BCUT2D eigenvalue weighted by Crippen LogP contribution is -2.54. The molecular weight excluding hydrogens is 566 g/mol. The fourth-order valence-corrected chi connectivity index (χ4v) is 5.06. The van der Waals surface area contributed by atoms with Crippen LogP contribution in [0.15, 0.2) is 48.5 Å². The Morgan fingerprint density at radius 2 is 1.49 bits per heavy atom. The Hall–Kier alpha value is -3.99. The average Bonchev–Trinajstić information content (AvgIpc) is 3.00. The highest BCUT2D eigenvalue weighted by atomic mass is 16.6. The van der Waals surface area contributed by atoms with Gasteiger partial charge in [0.25, 0.3) is 0 Å². The van der Waals surface area contributed by atoms with Gasteiger partial charge in [0.2, 0.25) is 11.8 Å². The van der Waals surface area contributed by atoms with Crippen molar-refractivity contribution in [3.8, 4) is 18.1 Å². The molecule has 45 heavy (non-hydrogen) atoms. The number of nitrogens with zero attached hydrogens (tertiary/aromatic N) is 1. The summed E-state index contributed by atoms with van der Waals surface area (Å²) < 4.78 is 5.53. The standard InChI is InChI=1S/C37H53N3O5/c1-7-10-12-13-14-16-26-40(33(34(42)38-25-15-11-8-2)30-21-17-28(9-3)18-22-30)35(43)32(39-36(44)45-37(4,5)6)27-29-19-23-31(41)24-20-29/h3,17-24,32-33,41H,7-8,10-16,25-27H2,1-2,4-6H3,(H,38,42)(H,39,44). The lowest BCUT2D eigenvalue weighted by atomic mass is 9.98. The van der Waals surface area contributed by atoms with Gasteiger partial charge in [0.15, 0.2) is 0 Å². The van der Waals surface area contributed by atoms with E-state index < -0.39 is 29.7 Å². The molecule has 0 saturated heterocycles. The number of rotatable bonds is 18. The number of phenols is 1. The molecule has 246 valence electrons. The summed E-state index contributed by atoms with van der Waals surface area (Å²) in [5.41, 5.74) is 1.28. The third kappa shape index (κ3) is 13.7. The number of ether oxygens (including phenoxy) is 1. The maximum Gasteiger partial charge on any atom is 0.408 e. The van der Waals surface area contributed by atoms with Crippen LogP contribution < -0.4 is 10.6 Å². The summed E-state index contributed by atoms with van der Waals surface area (Å²) in [6.07, 6.45) is 13.9. The summed E-state index contributed by atoms with van der Waals surface area (Å²) in [4.78, 5) is 43.1. The highest BCUT2D eigenvalue weighted by molar-refractivity contribution is 5.92. The van der Waals surface area contributed by atoms with Crippen LogP contribution in [0.3, 0.4) is 0 Å². The van der Waals surface area contributed by atoms with E-state index >= 15 is 0 Å². The zero-order valence-corrected chi connectivity index (χ0v) is 27.9. The van der Waals surface area contributed by atoms with Crippen molar-refractivity contribution in [3.05, 3.63) is 65.2 Å². The van der Waals surface area contributed by atoms with Crippen LogP contribution in [0.1, 0.15) is 115 Å². The van der Waals surface area contributed by atoms with Crippen LogP contribution in [0.25, 0.3) is 0 Å². The molecule has 0 spiro atoms. The Labute approximate surface area is 270 Å². The van der Waals surface area contributed by atoms with Gasteiger partial charge in [-0.15, -0.1) is 6.42 Å². The zero-order chi connectivity index (χ0) is 33.2. The number of nitrogens with one attached hydrogen (secondary N) is 2. The highest BCUT2D eigenvalue weighted by Gasteiger charge is 2.36. The molecule has 3 amide bonds. The van der Waals surface area contributed by atoms with E-state index in [1.54, 1.807) is 62.1 Å². The molecule has 2 aromatic carbocycles. The van der Waals surface area contributed by atoms with E-state index in [0.717, 1.165) is 56.9 Å². The Morgan fingerprint density at radius 1 is 0.889 bits per heavy atom. The first kappa shape index (κ1) is 37.2. The molecule has 0 aromatic heterocycles. The summed E-state index contributed by atoms with van der Waals surface area (Å²) in [6.45, 7) is 10.4. The van der Waals surface area contributed by atoms with Gasteiger partial charge < -0.3 is 25.4 Å². The number of carbonyl (C=O) groups is 3. The molecule has 0 radical (unpaired) electrons. The summed E-state index contributed by atoms with van der Waals surface area (Å²) in [5.74, 6) is 2.04. The predicted octanol–water partition coefficient (Wildman–Crippen LogP) is 7.05. The van der Waals surface area contributed by atoms with Crippen LogP contribution in [0.2, 0.25) is 0 Å². The van der Waals surface area contributed by atoms with Crippen molar-refractivity contribution in [3.63, 3.8) is 0 Å². The fourth-order valence-electron chi connectivity index (χ4n) is 5.06. The number of benzene rings is 2. The molecule has 0 fully saturated rings. The number of carbonyl (C=O) groups excluding carboxylic acids is 3. The topological polar surface area (TPSA) is 108 Å². The second-order valence-corrected chi connectivity index (χ2v) is 12.5. The van der Waals surface area contributed by atoms with Gasteiger partial charge in [-0.1, -0.05) is 89.0 Å². The first-order valence-electron chi connectivity index (χ1n) is 16.4. The van der Waals surface area contributed by atoms with Gasteiger partial charge in [0.05, 0.1) is 0 Å². The van der Waals surface area contributed by atoms with Gasteiger partial charge in [-0.05, 0) is 69.0 Å². The van der Waals surface area contributed by atoms with Crippen LogP contribution in [-0.4, -0.2) is 52.6 Å². The van der Waals surface area contributed by atoms with Crippen molar-refractivity contribution in [2.45, 2.75) is 117 Å². The normalized spacial score (nSPS) is 12.4. The molecule has 2 atom stereocenters. The minimum Gasteiger partial charge on any atom is -0.508 e. The highest BCUT2D eigenvalue weighted by Crippen LogP contribution is 2.25. The van der Waals surface area contributed by atoms with Gasteiger partial charge in [-0.3, -0.25) is 9.59 Å². The predicted molar refractivity (Wildman–Crippen MR) is 180 cm³/mol. The maximum absolute atomic E-state index is 14.6. The van der Waals surface area contributed by atoms with E-state index in [0.29, 0.717) is 30.6 Å². The minimum absolute atomic E-state index is 0.0988. The van der Waals surface area contributed by atoms with Crippen molar-refractivity contribution in [1.29, 1.82) is 0 Å². The van der Waals surface area contributed by atoms with Crippen molar-refractivity contribution < 1.29 is 24.2 Å². The van der Waals surface area contributed by atoms with E-state index in [1.807, 2.05) is 0 Å². The molecule has 0 bridgehead atoms. The Balaban J connectivity index is 2.53. The second-order valence-electron chi connectivity index (χ2n) is 12.5. The average molecular weight is 620 g/mol. The SMILES string of the molecule is C#Cc1ccc(C(C(=O)NCCCCC)N(CCCCCCCC)C(=O)C(Cc2ccc(O)cc2)NC(=O)OC(C)(C)C)cc1. The van der Waals surface area contributed by atoms with Gasteiger partial charge >= 0.3 is 6.09 Å². The van der Waals surface area contributed by atoms with Crippen molar-refractivity contribution in [2.75, 3.05) is 13.1 Å². The number of aromatic hydroxyl groups is 1. The number of alkyl carbamates (subject to hydrolysis) is 1. The molecule has 3 N–H and O–H groups in total. The molecule has 0 aliphatic rings. The summed E-state index contributed by atoms with van der Waals surface area (Å²) in [6, 6.07) is 11.7. The van der Waals surface area contributed by atoms with Crippen LogP contribution in [-0.2, 0) is 20.7 Å². The summed E-state index contributed by atoms with van der Waals surface area (Å²) >= 11 is 0. The molecule has 0 saturated carbocycles.